The molecular weight excluding hydrogens is 2110 g/mol. The molecule has 15 aromatic carbocycles. The molecule has 6 aromatic heterocycles. The van der Waals surface area contributed by atoms with Crippen molar-refractivity contribution in [1.29, 1.82) is 0 Å². The molecule has 9 nitrogen and oxygen atoms in total. The molecular formula is C117H93Ir3N9-6. The van der Waals surface area contributed by atoms with Crippen LogP contribution in [0.4, 0.5) is 0 Å². The van der Waals surface area contributed by atoms with Crippen molar-refractivity contribution in [3.63, 3.8) is 0 Å². The molecule has 0 amide bonds. The number of imidazole rings is 3. The van der Waals surface area contributed by atoms with Gasteiger partial charge in [-0.15, -0.1) is 214 Å². The summed E-state index contributed by atoms with van der Waals surface area (Å²) in [4.78, 5) is 27.9. The van der Waals surface area contributed by atoms with Crippen LogP contribution >= 0.6 is 0 Å². The fourth-order valence-electron chi connectivity index (χ4n) is 15.3. The SMILES string of the molecule is CC(C)c1ccccc1-n1c(-c2[c-]cccc2)nc2ccccc21.CC(C)c1ccccc1-n1c(-c2[c-]cccc2)nc2ccccc21.CC(C)c1ccccc1-n1c(-c2[c-]cccc2)nc2ccccc21.[Ir].[Ir].[Ir].[c-]1ccc(-c2ccccc2)cc1-c1ccccn1.[c-]1ccc(-c2ccccc2)cc1-c1ccccn1.[c-]1ccccc1-c1ccc(-c2ccccc2)cn1. The molecule has 21 rings (SSSR count). The zero-order valence-electron chi connectivity index (χ0n) is 72.3. The Kier molecular flexibility index (Phi) is 33.1. The Morgan fingerprint density at radius 2 is 0.504 bits per heavy atom. The van der Waals surface area contributed by atoms with Gasteiger partial charge < -0.3 is 28.7 Å². The first-order chi connectivity index (χ1) is 62.1. The van der Waals surface area contributed by atoms with E-state index in [4.69, 9.17) is 15.0 Å². The van der Waals surface area contributed by atoms with Crippen LogP contribution in [0, 0.1) is 36.4 Å². The Bertz CT molecular complexity index is 6340. The van der Waals surface area contributed by atoms with Crippen LogP contribution < -0.4 is 0 Å². The van der Waals surface area contributed by atoms with E-state index in [2.05, 4.69) is 319 Å². The fraction of sp³-hybridized carbons (Fsp3) is 0.0769. The van der Waals surface area contributed by atoms with E-state index in [1.54, 1.807) is 12.4 Å². The van der Waals surface area contributed by atoms with Crippen LogP contribution in [-0.4, -0.2) is 43.6 Å². The van der Waals surface area contributed by atoms with Gasteiger partial charge in [0.15, 0.2) is 0 Å². The normalized spacial score (nSPS) is 10.6. The van der Waals surface area contributed by atoms with Crippen LogP contribution in [0.1, 0.15) is 76.0 Å². The van der Waals surface area contributed by atoms with Gasteiger partial charge in [0.1, 0.15) is 0 Å². The summed E-state index contributed by atoms with van der Waals surface area (Å²) in [7, 11) is 0. The first-order valence-electron chi connectivity index (χ1n) is 42.6. The van der Waals surface area contributed by atoms with Crippen molar-refractivity contribution in [2.45, 2.75) is 59.3 Å². The molecule has 21 aromatic rings. The number of benzene rings is 15. The second-order valence-corrected chi connectivity index (χ2v) is 31.0. The van der Waals surface area contributed by atoms with E-state index in [1.165, 1.54) is 61.6 Å². The Hall–Kier alpha value is -13.9. The van der Waals surface area contributed by atoms with Crippen molar-refractivity contribution in [2.24, 2.45) is 0 Å². The minimum atomic E-state index is 0. The molecule has 129 heavy (non-hydrogen) atoms. The summed E-state index contributed by atoms with van der Waals surface area (Å²) in [6, 6.07) is 161. The van der Waals surface area contributed by atoms with Gasteiger partial charge >= 0.3 is 0 Å². The van der Waals surface area contributed by atoms with Crippen molar-refractivity contribution in [2.75, 3.05) is 0 Å². The summed E-state index contributed by atoms with van der Waals surface area (Å²) in [5, 5.41) is 0. The standard InChI is InChI=1S/3C22H19N2.3C17H12N.3Ir/c3*1-16(2)18-12-6-8-14-20(18)24-21-15-9-7-13-19(21)23-22(24)17-10-4-3-5-11-17;1-3-7-14(8-4-1)16-11-12-17(18-13-16)15-9-5-2-6-10-15;2*1-2-7-14(8-3-1)15-9-6-10-16(13-15)17-11-4-5-12-18-17;;;/h3*3-10,12-16H,1-2H3;3*1-9,11-13H;;;/q6*-1;;;. The zero-order valence-corrected chi connectivity index (χ0v) is 79.5. The minimum absolute atomic E-state index is 0. The van der Waals surface area contributed by atoms with Crippen molar-refractivity contribution >= 4 is 33.1 Å². The van der Waals surface area contributed by atoms with E-state index in [9.17, 15) is 0 Å². The number of pyridine rings is 3. The van der Waals surface area contributed by atoms with Crippen LogP contribution in [0.15, 0.2) is 437 Å². The molecule has 0 aliphatic carbocycles. The van der Waals surface area contributed by atoms with Gasteiger partial charge in [-0.25, -0.2) is 0 Å². The van der Waals surface area contributed by atoms with Crippen LogP contribution in [0.25, 0.3) is 151 Å². The smallest absolute Gasteiger partial charge is 0.0774 e. The van der Waals surface area contributed by atoms with E-state index in [0.717, 1.165) is 107 Å². The molecule has 0 unspecified atom stereocenters. The maximum atomic E-state index is 4.89. The van der Waals surface area contributed by atoms with Gasteiger partial charge in [0.05, 0.1) is 50.6 Å². The number of fused-ring (bicyclic) bond motifs is 3. The molecule has 0 saturated carbocycles. The van der Waals surface area contributed by atoms with Crippen molar-refractivity contribution in [3.05, 3.63) is 490 Å². The van der Waals surface area contributed by atoms with Gasteiger partial charge in [-0.3, -0.25) is 15.0 Å². The van der Waals surface area contributed by atoms with Gasteiger partial charge in [0.2, 0.25) is 0 Å². The van der Waals surface area contributed by atoms with Crippen LogP contribution in [0.5, 0.6) is 0 Å². The summed E-state index contributed by atoms with van der Waals surface area (Å²) >= 11 is 0. The van der Waals surface area contributed by atoms with Crippen LogP contribution in [-0.2, 0) is 60.3 Å². The van der Waals surface area contributed by atoms with Crippen molar-refractivity contribution in [3.8, 4) is 118 Å². The Labute approximate surface area is 798 Å². The molecule has 0 aliphatic rings. The zero-order chi connectivity index (χ0) is 86.2. The van der Waals surface area contributed by atoms with E-state index >= 15 is 0 Å². The van der Waals surface area contributed by atoms with E-state index in [1.807, 2.05) is 212 Å². The van der Waals surface area contributed by atoms with Crippen molar-refractivity contribution < 1.29 is 60.3 Å². The van der Waals surface area contributed by atoms with Crippen LogP contribution in [0.3, 0.4) is 0 Å². The van der Waals surface area contributed by atoms with E-state index in [-0.39, 0.29) is 60.3 Å². The maximum absolute atomic E-state index is 4.89. The number of hydrogen-bond acceptors (Lipinski definition) is 6. The van der Waals surface area contributed by atoms with Gasteiger partial charge in [0.25, 0.3) is 0 Å². The number of para-hydroxylation sites is 9. The minimum Gasteiger partial charge on any atom is -0.333 e. The molecule has 0 spiro atoms. The monoisotopic (exact) mass is 2200 g/mol. The second kappa shape index (κ2) is 46.0. The number of rotatable bonds is 15. The topological polar surface area (TPSA) is 92.1 Å². The average Bonchev–Trinajstić information content (AvgIpc) is 1.62. The molecule has 0 bridgehead atoms. The first kappa shape index (κ1) is 92.8. The molecule has 639 valence electrons. The van der Waals surface area contributed by atoms with Gasteiger partial charge in [-0.2, -0.15) is 0 Å². The molecule has 0 saturated heterocycles. The molecule has 0 N–H and O–H groups in total. The predicted molar refractivity (Wildman–Crippen MR) is 520 cm³/mol. The van der Waals surface area contributed by atoms with Gasteiger partial charge in [-0.1, -0.05) is 260 Å². The third kappa shape index (κ3) is 22.9. The van der Waals surface area contributed by atoms with Gasteiger partial charge in [0, 0.05) is 96.0 Å². The first-order valence-corrected chi connectivity index (χ1v) is 42.6. The van der Waals surface area contributed by atoms with Gasteiger partial charge in [-0.05, 0) is 141 Å². The number of aromatic nitrogens is 9. The largest absolute Gasteiger partial charge is 0.333 e. The number of hydrogen-bond donors (Lipinski definition) is 0. The Morgan fingerprint density at radius 3 is 0.814 bits per heavy atom. The van der Waals surface area contributed by atoms with Crippen molar-refractivity contribution in [1.82, 2.24) is 43.6 Å². The molecule has 0 aliphatic heterocycles. The molecule has 12 heteroatoms. The molecule has 6 heterocycles. The summed E-state index contributed by atoms with van der Waals surface area (Å²) in [6.45, 7) is 13.4. The summed E-state index contributed by atoms with van der Waals surface area (Å²) < 4.78 is 6.78. The summed E-state index contributed by atoms with van der Waals surface area (Å²) in [5.41, 5.74) is 30.0. The maximum Gasteiger partial charge on any atom is 0.0774 e. The fourth-order valence-corrected chi connectivity index (χ4v) is 15.3. The molecule has 0 fully saturated rings. The Balaban J connectivity index is 0.000000132. The Morgan fingerprint density at radius 1 is 0.217 bits per heavy atom. The summed E-state index contributed by atoms with van der Waals surface area (Å²) in [6.07, 6.45) is 5.52. The third-order valence-corrected chi connectivity index (χ3v) is 21.5. The number of nitrogens with zero attached hydrogens (tertiary/aromatic N) is 9. The molecule has 0 atom stereocenters. The quantitative estimate of drug-likeness (QED) is 0.0950. The predicted octanol–water partition coefficient (Wildman–Crippen LogP) is 29.5. The summed E-state index contributed by atoms with van der Waals surface area (Å²) in [5.74, 6) is 4.12. The van der Waals surface area contributed by atoms with E-state index in [0.29, 0.717) is 17.8 Å². The second-order valence-electron chi connectivity index (χ2n) is 31.0. The van der Waals surface area contributed by atoms with E-state index < -0.39 is 0 Å². The van der Waals surface area contributed by atoms with Crippen LogP contribution in [0.2, 0.25) is 0 Å². The molecule has 3 radical (unpaired) electrons. The third-order valence-electron chi connectivity index (χ3n) is 21.5. The average molecular weight is 2200 g/mol.